The molecule has 0 radical (unpaired) electrons. The molecule has 0 spiro atoms. The highest BCUT2D eigenvalue weighted by Crippen LogP contribution is 2.20. The summed E-state index contributed by atoms with van der Waals surface area (Å²) in [4.78, 5) is 18.5. The van der Waals surface area contributed by atoms with Crippen molar-refractivity contribution in [3.8, 4) is 5.75 Å². The molecule has 1 aromatic rings. The molecule has 0 aliphatic carbocycles. The van der Waals surface area contributed by atoms with Crippen molar-refractivity contribution in [2.75, 3.05) is 26.7 Å². The van der Waals surface area contributed by atoms with E-state index in [0.717, 1.165) is 38.9 Å². The average Bonchev–Trinajstić information content (AvgIpc) is 2.52. The number of carbonyl (C=O) groups is 1. The van der Waals surface area contributed by atoms with Gasteiger partial charge >= 0.3 is 0 Å². The third kappa shape index (κ3) is 3.48. The molecule has 2 heterocycles. The van der Waals surface area contributed by atoms with Gasteiger partial charge in [-0.15, -0.1) is 0 Å². The second-order valence-electron chi connectivity index (χ2n) is 5.12. The maximum absolute atomic E-state index is 12.6. The Morgan fingerprint density at radius 2 is 2.45 bits per heavy atom. The standard InChI is InChI=1S/C15H23N3O2/c1-3-7-17-12-5-4-9-18(11-12)15(19)13-6-8-16-10-14(13)20-2/h6,8,10,12,17H,3-5,7,9,11H2,1-2H3. The number of methoxy groups -OCH3 is 1. The summed E-state index contributed by atoms with van der Waals surface area (Å²) >= 11 is 0. The van der Waals surface area contributed by atoms with Crippen molar-refractivity contribution < 1.29 is 9.53 Å². The van der Waals surface area contributed by atoms with Gasteiger partial charge in [0.25, 0.3) is 5.91 Å². The predicted octanol–water partition coefficient (Wildman–Crippen LogP) is 1.69. The molecule has 0 saturated carbocycles. The monoisotopic (exact) mass is 277 g/mol. The highest BCUT2D eigenvalue weighted by Gasteiger charge is 2.25. The number of rotatable bonds is 5. The van der Waals surface area contributed by atoms with E-state index in [0.29, 0.717) is 17.4 Å². The normalized spacial score (nSPS) is 18.9. The molecule has 1 fully saturated rings. The minimum absolute atomic E-state index is 0.0345. The van der Waals surface area contributed by atoms with Gasteiger partial charge in [0.05, 0.1) is 18.9 Å². The lowest BCUT2D eigenvalue weighted by atomic mass is 10.0. The van der Waals surface area contributed by atoms with Gasteiger partial charge in [0, 0.05) is 25.3 Å². The van der Waals surface area contributed by atoms with Crippen LogP contribution in [-0.4, -0.2) is 48.6 Å². The van der Waals surface area contributed by atoms with Crippen LogP contribution in [0.5, 0.6) is 5.75 Å². The van der Waals surface area contributed by atoms with E-state index >= 15 is 0 Å². The lowest BCUT2D eigenvalue weighted by molar-refractivity contribution is 0.0691. The minimum atomic E-state index is 0.0345. The summed E-state index contributed by atoms with van der Waals surface area (Å²) < 4.78 is 5.22. The van der Waals surface area contributed by atoms with E-state index in [2.05, 4.69) is 17.2 Å². The predicted molar refractivity (Wildman–Crippen MR) is 78.0 cm³/mol. The fourth-order valence-corrected chi connectivity index (χ4v) is 2.57. The van der Waals surface area contributed by atoms with E-state index in [9.17, 15) is 4.79 Å². The van der Waals surface area contributed by atoms with Crippen molar-refractivity contribution in [2.45, 2.75) is 32.2 Å². The van der Waals surface area contributed by atoms with Crippen molar-refractivity contribution in [1.82, 2.24) is 15.2 Å². The van der Waals surface area contributed by atoms with E-state index in [1.165, 1.54) is 0 Å². The lowest BCUT2D eigenvalue weighted by Crippen LogP contribution is -2.48. The first-order chi connectivity index (χ1) is 9.76. The fourth-order valence-electron chi connectivity index (χ4n) is 2.57. The minimum Gasteiger partial charge on any atom is -0.494 e. The summed E-state index contributed by atoms with van der Waals surface area (Å²) in [6, 6.07) is 2.13. The smallest absolute Gasteiger partial charge is 0.257 e. The molecule has 1 aromatic heterocycles. The van der Waals surface area contributed by atoms with Gasteiger partial charge in [-0.1, -0.05) is 6.92 Å². The zero-order valence-electron chi connectivity index (χ0n) is 12.3. The molecule has 20 heavy (non-hydrogen) atoms. The molecule has 110 valence electrons. The number of ether oxygens (including phenoxy) is 1. The van der Waals surface area contributed by atoms with Gasteiger partial charge in [0.2, 0.25) is 0 Å². The van der Waals surface area contributed by atoms with Crippen LogP contribution in [0, 0.1) is 0 Å². The number of aromatic nitrogens is 1. The van der Waals surface area contributed by atoms with Gasteiger partial charge in [-0.05, 0) is 31.9 Å². The van der Waals surface area contributed by atoms with Crippen LogP contribution in [0.1, 0.15) is 36.5 Å². The van der Waals surface area contributed by atoms with Crippen LogP contribution >= 0.6 is 0 Å². The number of nitrogens with zero attached hydrogens (tertiary/aromatic N) is 2. The van der Waals surface area contributed by atoms with E-state index in [1.807, 2.05) is 4.90 Å². The zero-order valence-corrected chi connectivity index (χ0v) is 12.3. The second kappa shape index (κ2) is 7.24. The third-order valence-electron chi connectivity index (χ3n) is 3.63. The Balaban J connectivity index is 2.04. The number of hydrogen-bond acceptors (Lipinski definition) is 4. The van der Waals surface area contributed by atoms with Gasteiger partial charge in [0.1, 0.15) is 5.75 Å². The van der Waals surface area contributed by atoms with Crippen LogP contribution in [0.3, 0.4) is 0 Å². The number of amides is 1. The van der Waals surface area contributed by atoms with Crippen LogP contribution in [0.4, 0.5) is 0 Å². The molecule has 0 aromatic carbocycles. The van der Waals surface area contributed by atoms with Gasteiger partial charge in [0.15, 0.2) is 0 Å². The Labute approximate surface area is 120 Å². The van der Waals surface area contributed by atoms with Gasteiger partial charge in [-0.25, -0.2) is 0 Å². The van der Waals surface area contributed by atoms with Gasteiger partial charge in [-0.2, -0.15) is 0 Å². The molecule has 0 bridgehead atoms. The van der Waals surface area contributed by atoms with Crippen molar-refractivity contribution in [3.63, 3.8) is 0 Å². The number of hydrogen-bond donors (Lipinski definition) is 1. The molecule has 1 aliphatic heterocycles. The molecule has 1 amide bonds. The summed E-state index contributed by atoms with van der Waals surface area (Å²) in [5.74, 6) is 0.577. The first kappa shape index (κ1) is 14.8. The van der Waals surface area contributed by atoms with Crippen LogP contribution in [0.25, 0.3) is 0 Å². The van der Waals surface area contributed by atoms with Crippen LogP contribution in [0.2, 0.25) is 0 Å². The Morgan fingerprint density at radius 3 is 3.20 bits per heavy atom. The first-order valence-corrected chi connectivity index (χ1v) is 7.27. The SMILES string of the molecule is CCCNC1CCCN(C(=O)c2ccncc2OC)C1. The Hall–Kier alpha value is -1.62. The van der Waals surface area contributed by atoms with Gasteiger partial charge < -0.3 is 15.0 Å². The molecule has 1 atom stereocenters. The fraction of sp³-hybridized carbons (Fsp3) is 0.600. The first-order valence-electron chi connectivity index (χ1n) is 7.27. The number of piperidine rings is 1. The summed E-state index contributed by atoms with van der Waals surface area (Å²) in [6.07, 6.45) is 6.51. The third-order valence-corrected chi connectivity index (χ3v) is 3.63. The summed E-state index contributed by atoms with van der Waals surface area (Å²) in [5, 5.41) is 3.50. The molecule has 1 aliphatic rings. The second-order valence-corrected chi connectivity index (χ2v) is 5.12. The Morgan fingerprint density at radius 1 is 1.60 bits per heavy atom. The topological polar surface area (TPSA) is 54.5 Å². The number of likely N-dealkylation sites (tertiary alicyclic amines) is 1. The largest absolute Gasteiger partial charge is 0.494 e. The molecule has 2 rings (SSSR count). The highest BCUT2D eigenvalue weighted by atomic mass is 16.5. The van der Waals surface area contributed by atoms with Gasteiger partial charge in [-0.3, -0.25) is 9.78 Å². The van der Waals surface area contributed by atoms with Crippen molar-refractivity contribution in [1.29, 1.82) is 0 Å². The Bertz CT molecular complexity index is 450. The van der Waals surface area contributed by atoms with Crippen molar-refractivity contribution in [2.24, 2.45) is 0 Å². The number of carbonyl (C=O) groups excluding carboxylic acids is 1. The maximum atomic E-state index is 12.6. The Kier molecular flexibility index (Phi) is 5.35. The molecule has 5 nitrogen and oxygen atoms in total. The van der Waals surface area contributed by atoms with Crippen molar-refractivity contribution >= 4 is 5.91 Å². The van der Waals surface area contributed by atoms with E-state index in [4.69, 9.17) is 4.74 Å². The molecule has 1 saturated heterocycles. The summed E-state index contributed by atoms with van der Waals surface area (Å²) in [7, 11) is 1.57. The molecular weight excluding hydrogens is 254 g/mol. The molecule has 1 unspecified atom stereocenters. The molecule has 1 N–H and O–H groups in total. The summed E-state index contributed by atoms with van der Waals surface area (Å²) in [5.41, 5.74) is 0.596. The quantitative estimate of drug-likeness (QED) is 0.890. The lowest BCUT2D eigenvalue weighted by Gasteiger charge is -2.33. The van der Waals surface area contributed by atoms with E-state index in [1.54, 1.807) is 25.6 Å². The van der Waals surface area contributed by atoms with E-state index in [-0.39, 0.29) is 5.91 Å². The average molecular weight is 277 g/mol. The van der Waals surface area contributed by atoms with Crippen LogP contribution in [0.15, 0.2) is 18.5 Å². The van der Waals surface area contributed by atoms with Crippen molar-refractivity contribution in [3.05, 3.63) is 24.0 Å². The number of pyridine rings is 1. The van der Waals surface area contributed by atoms with Crippen LogP contribution < -0.4 is 10.1 Å². The van der Waals surface area contributed by atoms with Crippen LogP contribution in [-0.2, 0) is 0 Å². The molecule has 5 heteroatoms. The van der Waals surface area contributed by atoms with E-state index < -0.39 is 0 Å². The maximum Gasteiger partial charge on any atom is 0.257 e. The highest BCUT2D eigenvalue weighted by molar-refractivity contribution is 5.96. The summed E-state index contributed by atoms with van der Waals surface area (Å²) in [6.45, 7) is 4.74. The molecular formula is C15H23N3O2. The zero-order chi connectivity index (χ0) is 14.4. The number of nitrogens with one attached hydrogen (secondary N) is 1.